The lowest BCUT2D eigenvalue weighted by Crippen LogP contribution is -2.53. The number of carbonyl (C=O) groups excluding carboxylic acids is 4. The molecule has 11 heteroatoms. The fraction of sp³-hybridized carbons (Fsp3) is 0.655. The Kier molecular flexibility index (Phi) is 12.2. The molecular formula is C29H46N4O7. The second-order valence-corrected chi connectivity index (χ2v) is 12.0. The number of hydrogen-bond donors (Lipinski definition) is 0. The molecular weight excluding hydrogens is 516 g/mol. The van der Waals surface area contributed by atoms with Crippen molar-refractivity contribution in [3.05, 3.63) is 35.9 Å². The molecule has 1 aromatic carbocycles. The number of hydrogen-bond acceptors (Lipinski definition) is 8. The number of nitrogens with zero attached hydrogens (tertiary/aromatic N) is 4. The van der Waals surface area contributed by atoms with Crippen molar-refractivity contribution in [1.82, 2.24) is 19.6 Å². The predicted octanol–water partition coefficient (Wildman–Crippen LogP) is 3.37. The fourth-order valence-electron chi connectivity index (χ4n) is 4.01. The molecule has 40 heavy (non-hydrogen) atoms. The molecule has 3 amide bonds. The van der Waals surface area contributed by atoms with Crippen molar-refractivity contribution >= 4 is 24.6 Å². The maximum absolute atomic E-state index is 13.1. The van der Waals surface area contributed by atoms with E-state index in [2.05, 4.69) is 0 Å². The molecule has 0 saturated carbocycles. The van der Waals surface area contributed by atoms with Gasteiger partial charge < -0.3 is 28.9 Å². The van der Waals surface area contributed by atoms with Crippen LogP contribution in [-0.2, 0) is 30.4 Å². The van der Waals surface area contributed by atoms with E-state index >= 15 is 0 Å². The van der Waals surface area contributed by atoms with E-state index in [1.807, 2.05) is 42.2 Å². The lowest BCUT2D eigenvalue weighted by atomic mass is 10.2. The van der Waals surface area contributed by atoms with E-state index in [-0.39, 0.29) is 58.5 Å². The van der Waals surface area contributed by atoms with Crippen molar-refractivity contribution in [3.8, 4) is 0 Å². The molecule has 0 aliphatic carbocycles. The second-order valence-electron chi connectivity index (χ2n) is 12.0. The van der Waals surface area contributed by atoms with Gasteiger partial charge in [-0.15, -0.1) is 0 Å². The van der Waals surface area contributed by atoms with Gasteiger partial charge in [-0.3, -0.25) is 14.5 Å². The molecule has 11 nitrogen and oxygen atoms in total. The van der Waals surface area contributed by atoms with Crippen LogP contribution in [0.25, 0.3) is 0 Å². The summed E-state index contributed by atoms with van der Waals surface area (Å²) in [7, 11) is 0. The van der Waals surface area contributed by atoms with Gasteiger partial charge in [0.25, 0.3) is 0 Å². The average Bonchev–Trinajstić information content (AvgIpc) is 2.85. The number of ether oxygens (including phenoxy) is 3. The van der Waals surface area contributed by atoms with Crippen LogP contribution in [0.4, 0.5) is 9.59 Å². The highest BCUT2D eigenvalue weighted by Gasteiger charge is 2.29. The molecule has 0 aromatic heterocycles. The lowest BCUT2D eigenvalue weighted by molar-refractivity contribution is -0.147. The number of amides is 3. The quantitative estimate of drug-likeness (QED) is 0.305. The Morgan fingerprint density at radius 2 is 1.35 bits per heavy atom. The molecule has 1 saturated heterocycles. The summed E-state index contributed by atoms with van der Waals surface area (Å²) in [4.78, 5) is 57.2. The Morgan fingerprint density at radius 1 is 0.825 bits per heavy atom. The van der Waals surface area contributed by atoms with Crippen LogP contribution in [0.2, 0.25) is 0 Å². The maximum Gasteiger partial charge on any atom is 0.410 e. The Labute approximate surface area is 238 Å². The smallest absolute Gasteiger partial charge is 0.410 e. The van der Waals surface area contributed by atoms with Crippen molar-refractivity contribution in [2.75, 3.05) is 52.4 Å². The van der Waals surface area contributed by atoms with Crippen LogP contribution in [0.3, 0.4) is 0 Å². The Balaban J connectivity index is 2.25. The van der Waals surface area contributed by atoms with Gasteiger partial charge in [0.2, 0.25) is 6.41 Å². The van der Waals surface area contributed by atoms with Gasteiger partial charge in [-0.05, 0) is 54.0 Å². The van der Waals surface area contributed by atoms with Gasteiger partial charge in [0, 0.05) is 51.9 Å². The summed E-state index contributed by atoms with van der Waals surface area (Å²) in [5.41, 5.74) is -0.499. The summed E-state index contributed by atoms with van der Waals surface area (Å²) in [6, 6.07) is 9.12. The maximum atomic E-state index is 13.1. The number of esters is 1. The molecule has 0 bridgehead atoms. The largest absolute Gasteiger partial charge is 0.460 e. The Morgan fingerprint density at radius 3 is 1.90 bits per heavy atom. The summed E-state index contributed by atoms with van der Waals surface area (Å²) < 4.78 is 16.7. The molecule has 1 unspecified atom stereocenters. The molecule has 1 atom stereocenters. The van der Waals surface area contributed by atoms with E-state index in [1.165, 1.54) is 4.90 Å². The first kappa shape index (κ1) is 32.9. The zero-order valence-electron chi connectivity index (χ0n) is 25.1. The average molecular weight is 563 g/mol. The third kappa shape index (κ3) is 12.2. The highest BCUT2D eigenvalue weighted by Crippen LogP contribution is 2.14. The molecule has 0 radical (unpaired) electrons. The van der Waals surface area contributed by atoms with Crippen LogP contribution in [0.5, 0.6) is 0 Å². The molecule has 1 heterocycles. The SMILES string of the molecule is CC1CN(C(=O)OC(C)(C)C)CCN(C=O)CCN(C(=O)OC(C)(C)C)CCN1CC(=O)OCc1ccccc1. The fourth-order valence-corrected chi connectivity index (χ4v) is 4.01. The molecule has 2 rings (SSSR count). The normalized spacial score (nSPS) is 18.3. The number of rotatable bonds is 5. The number of carbonyl (C=O) groups is 4. The first-order chi connectivity index (χ1) is 18.7. The Hall–Kier alpha value is -3.34. The van der Waals surface area contributed by atoms with E-state index in [1.54, 1.807) is 51.3 Å². The van der Waals surface area contributed by atoms with Crippen LogP contribution < -0.4 is 0 Å². The van der Waals surface area contributed by atoms with Crippen molar-refractivity contribution in [2.45, 2.75) is 72.3 Å². The molecule has 1 aliphatic rings. The minimum absolute atomic E-state index is 0.0290. The van der Waals surface area contributed by atoms with Crippen LogP contribution in [0.1, 0.15) is 54.0 Å². The number of benzene rings is 1. The van der Waals surface area contributed by atoms with E-state index in [0.717, 1.165) is 5.56 Å². The minimum Gasteiger partial charge on any atom is -0.460 e. The highest BCUT2D eigenvalue weighted by molar-refractivity contribution is 5.72. The van der Waals surface area contributed by atoms with Gasteiger partial charge in [0.15, 0.2) is 0 Å². The first-order valence-corrected chi connectivity index (χ1v) is 13.8. The van der Waals surface area contributed by atoms with Crippen molar-refractivity contribution in [2.24, 2.45) is 0 Å². The molecule has 1 aliphatic heterocycles. The summed E-state index contributed by atoms with van der Waals surface area (Å²) in [5, 5.41) is 0. The van der Waals surface area contributed by atoms with Gasteiger partial charge in [-0.25, -0.2) is 9.59 Å². The van der Waals surface area contributed by atoms with Crippen molar-refractivity contribution < 1.29 is 33.4 Å². The van der Waals surface area contributed by atoms with Gasteiger partial charge in [-0.1, -0.05) is 30.3 Å². The van der Waals surface area contributed by atoms with Crippen molar-refractivity contribution in [3.63, 3.8) is 0 Å². The van der Waals surface area contributed by atoms with Gasteiger partial charge in [0.1, 0.15) is 17.8 Å². The van der Waals surface area contributed by atoms with E-state index in [0.29, 0.717) is 13.0 Å². The van der Waals surface area contributed by atoms with Crippen molar-refractivity contribution in [1.29, 1.82) is 0 Å². The summed E-state index contributed by atoms with van der Waals surface area (Å²) in [5.74, 6) is -0.414. The monoisotopic (exact) mass is 562 g/mol. The van der Waals surface area contributed by atoms with Crippen LogP contribution in [-0.4, -0.2) is 114 Å². The third-order valence-corrected chi connectivity index (χ3v) is 6.11. The minimum atomic E-state index is -0.691. The standard InChI is InChI=1S/C29H46N4O7/c1-23-19-33(27(37)40-29(5,6)7)16-14-30(22-34)13-15-31(26(36)39-28(2,3)4)17-18-32(23)20-25(35)38-21-24-11-9-8-10-12-24/h8-12,22-23H,13-21H2,1-7H3. The van der Waals surface area contributed by atoms with Crippen LogP contribution in [0, 0.1) is 0 Å². The molecule has 1 aromatic rings. The third-order valence-electron chi connectivity index (χ3n) is 6.11. The highest BCUT2D eigenvalue weighted by atomic mass is 16.6. The summed E-state index contributed by atoms with van der Waals surface area (Å²) in [6.07, 6.45) is -0.278. The predicted molar refractivity (Wildman–Crippen MR) is 151 cm³/mol. The molecule has 0 spiro atoms. The van der Waals surface area contributed by atoms with Gasteiger partial charge in [0.05, 0.1) is 6.54 Å². The van der Waals surface area contributed by atoms with E-state index in [4.69, 9.17) is 14.2 Å². The first-order valence-electron chi connectivity index (χ1n) is 13.8. The van der Waals surface area contributed by atoms with Crippen LogP contribution >= 0.6 is 0 Å². The zero-order valence-corrected chi connectivity index (χ0v) is 25.1. The van der Waals surface area contributed by atoms with Gasteiger partial charge in [-0.2, -0.15) is 0 Å². The summed E-state index contributed by atoms with van der Waals surface area (Å²) >= 11 is 0. The second kappa shape index (κ2) is 14.9. The Bertz CT molecular complexity index is 975. The molecule has 1 fully saturated rings. The summed E-state index contributed by atoms with van der Waals surface area (Å²) in [6.45, 7) is 14.6. The lowest BCUT2D eigenvalue weighted by Gasteiger charge is -2.37. The topological polar surface area (TPSA) is 109 Å². The van der Waals surface area contributed by atoms with E-state index < -0.39 is 29.4 Å². The molecule has 224 valence electrons. The van der Waals surface area contributed by atoms with Crippen LogP contribution in [0.15, 0.2) is 30.3 Å². The molecule has 0 N–H and O–H groups in total. The van der Waals surface area contributed by atoms with Gasteiger partial charge >= 0.3 is 18.2 Å². The zero-order chi connectivity index (χ0) is 29.9. The van der Waals surface area contributed by atoms with E-state index in [9.17, 15) is 19.2 Å².